The summed E-state index contributed by atoms with van der Waals surface area (Å²) in [7, 11) is 0. The Kier molecular flexibility index (Phi) is 12.8. The molecule has 14 heavy (non-hydrogen) atoms. The molecule has 0 spiro atoms. The fourth-order valence-electron chi connectivity index (χ4n) is 0.343. The maximum absolute atomic E-state index is 6.19. The molecular formula is C10H20N4. The Bertz CT molecular complexity index is 206. The Hall–Kier alpha value is -1.24. The molecule has 0 aromatic rings. The van der Waals surface area contributed by atoms with Gasteiger partial charge in [-0.15, -0.1) is 0 Å². The first-order valence-corrected chi connectivity index (χ1v) is 4.77. The van der Waals surface area contributed by atoms with Crippen LogP contribution in [-0.4, -0.2) is 30.6 Å². The van der Waals surface area contributed by atoms with E-state index in [1.54, 1.807) is 0 Å². The Morgan fingerprint density at radius 2 is 1.50 bits per heavy atom. The van der Waals surface area contributed by atoms with Crippen molar-refractivity contribution in [2.45, 2.75) is 46.7 Å². The average molecular weight is 196 g/mol. The van der Waals surface area contributed by atoms with Gasteiger partial charge in [-0.05, 0) is 34.6 Å². The molecule has 1 N–H and O–H groups in total. The van der Waals surface area contributed by atoms with Crippen LogP contribution in [0.25, 0.3) is 0 Å². The van der Waals surface area contributed by atoms with Crippen LogP contribution in [0.15, 0.2) is 15.0 Å². The highest BCUT2D eigenvalue weighted by Gasteiger charge is 1.82. The minimum Gasteiger partial charge on any atom is -0.242 e. The third-order valence-corrected chi connectivity index (χ3v) is 0.869. The van der Waals surface area contributed by atoms with Crippen molar-refractivity contribution in [2.24, 2.45) is 15.0 Å². The van der Waals surface area contributed by atoms with Gasteiger partial charge in [0.2, 0.25) is 0 Å². The largest absolute Gasteiger partial charge is 0.242 e. The number of hydrogen-bond acceptors (Lipinski definition) is 4. The van der Waals surface area contributed by atoms with E-state index in [9.17, 15) is 0 Å². The fraction of sp³-hybridized carbons (Fsp3) is 0.800. The average Bonchev–Trinajstić information content (AvgIpc) is 2.05. The van der Waals surface area contributed by atoms with Crippen LogP contribution in [0.4, 0.5) is 0 Å². The highest BCUT2D eigenvalue weighted by atomic mass is 14.8. The first kappa shape index (κ1) is 15.2. The van der Waals surface area contributed by atoms with Crippen LogP contribution >= 0.6 is 0 Å². The summed E-state index contributed by atoms with van der Waals surface area (Å²) in [5, 5.41) is 6.19. The monoisotopic (exact) mass is 196 g/mol. The molecule has 0 bridgehead atoms. The van der Waals surface area contributed by atoms with E-state index in [2.05, 4.69) is 21.0 Å². The number of nitrogens with zero attached hydrogens (tertiary/aromatic N) is 3. The third kappa shape index (κ3) is 22.4. The quantitative estimate of drug-likeness (QED) is 0.675. The highest BCUT2D eigenvalue weighted by molar-refractivity contribution is 5.41. The first-order valence-electron chi connectivity index (χ1n) is 4.77. The van der Waals surface area contributed by atoms with Gasteiger partial charge in [-0.2, -0.15) is 0 Å². The number of aliphatic imine (C=N–C) groups is 3. The highest BCUT2D eigenvalue weighted by Crippen LogP contribution is 1.84. The zero-order valence-corrected chi connectivity index (χ0v) is 9.70. The normalized spacial score (nSPS) is 8.21. The van der Waals surface area contributed by atoms with Crippen LogP contribution in [0.1, 0.15) is 34.6 Å². The molecule has 0 aromatic heterocycles. The predicted molar refractivity (Wildman–Crippen MR) is 60.8 cm³/mol. The van der Waals surface area contributed by atoms with Crippen LogP contribution in [0.5, 0.6) is 0 Å². The second kappa shape index (κ2) is 11.8. The summed E-state index contributed by atoms with van der Waals surface area (Å²) in [4.78, 5) is 11.3. The Morgan fingerprint density at radius 3 is 1.64 bits per heavy atom. The van der Waals surface area contributed by atoms with Gasteiger partial charge in [0.15, 0.2) is 0 Å². The molecule has 80 valence electrons. The van der Waals surface area contributed by atoms with Gasteiger partial charge >= 0.3 is 0 Å². The van der Waals surface area contributed by atoms with Crippen molar-refractivity contribution in [3.05, 3.63) is 0 Å². The lowest BCUT2D eigenvalue weighted by atomic mass is 10.4. The second-order valence-corrected chi connectivity index (χ2v) is 3.13. The third-order valence-electron chi connectivity index (χ3n) is 0.869. The van der Waals surface area contributed by atoms with Gasteiger partial charge < -0.3 is 0 Å². The van der Waals surface area contributed by atoms with Crippen molar-refractivity contribution < 1.29 is 0 Å². The number of hydrogen-bond donors (Lipinski definition) is 1. The molecule has 0 fully saturated rings. The van der Waals surface area contributed by atoms with Gasteiger partial charge in [0.25, 0.3) is 0 Å². The van der Waals surface area contributed by atoms with Gasteiger partial charge in [0, 0.05) is 6.54 Å². The SMILES string of the molecule is CC(C)N=C=NC(C)C.CCN=C=N. The molecule has 0 rings (SSSR count). The summed E-state index contributed by atoms with van der Waals surface area (Å²) in [5.74, 6) is 0. The van der Waals surface area contributed by atoms with Gasteiger partial charge in [-0.1, -0.05) is 0 Å². The standard InChI is InChI=1S/C7H14N2.C3H6N2/c1-6(2)8-5-9-7(3)4;1-2-5-3-4/h6-7H,1-4H3;4H,2H2,1H3. The molecule has 0 aliphatic carbocycles. The smallest absolute Gasteiger partial charge is 0.0897 e. The zero-order chi connectivity index (χ0) is 11.4. The summed E-state index contributed by atoms with van der Waals surface area (Å²) in [5.41, 5.74) is 0. The fourth-order valence-corrected chi connectivity index (χ4v) is 0.343. The van der Waals surface area contributed by atoms with Gasteiger partial charge in [-0.3, -0.25) is 0 Å². The van der Waals surface area contributed by atoms with E-state index in [0.29, 0.717) is 18.6 Å². The maximum atomic E-state index is 6.19. The molecule has 0 amide bonds. The van der Waals surface area contributed by atoms with Crippen molar-refractivity contribution >= 4 is 12.0 Å². The van der Waals surface area contributed by atoms with E-state index >= 15 is 0 Å². The van der Waals surface area contributed by atoms with Crippen molar-refractivity contribution in [2.75, 3.05) is 6.54 Å². The molecule has 0 saturated carbocycles. The van der Waals surface area contributed by atoms with Gasteiger partial charge in [-0.25, -0.2) is 20.4 Å². The van der Waals surface area contributed by atoms with E-state index in [4.69, 9.17) is 5.41 Å². The number of nitrogens with one attached hydrogen (secondary N) is 1. The molecule has 0 saturated heterocycles. The topological polar surface area (TPSA) is 60.9 Å². The summed E-state index contributed by atoms with van der Waals surface area (Å²) in [6, 6.07) is 5.15. The van der Waals surface area contributed by atoms with Crippen LogP contribution in [-0.2, 0) is 0 Å². The second-order valence-electron chi connectivity index (χ2n) is 3.13. The summed E-state index contributed by atoms with van der Waals surface area (Å²) < 4.78 is 0. The summed E-state index contributed by atoms with van der Waals surface area (Å²) in [6.45, 7) is 10.5. The molecule has 0 heterocycles. The van der Waals surface area contributed by atoms with Crippen LogP contribution in [0, 0.1) is 5.41 Å². The molecule has 0 radical (unpaired) electrons. The lowest BCUT2D eigenvalue weighted by Gasteiger charge is -1.89. The van der Waals surface area contributed by atoms with Crippen molar-refractivity contribution in [3.8, 4) is 0 Å². The van der Waals surface area contributed by atoms with E-state index in [1.807, 2.05) is 40.6 Å². The lowest BCUT2D eigenvalue weighted by molar-refractivity contribution is 0.818. The van der Waals surface area contributed by atoms with Gasteiger partial charge in [0.1, 0.15) is 0 Å². The summed E-state index contributed by atoms with van der Waals surface area (Å²) >= 11 is 0. The molecule has 4 heteroatoms. The van der Waals surface area contributed by atoms with Crippen molar-refractivity contribution in [3.63, 3.8) is 0 Å². The lowest BCUT2D eigenvalue weighted by Crippen LogP contribution is -1.88. The minimum atomic E-state index is 0.312. The summed E-state index contributed by atoms with van der Waals surface area (Å²) in [6.07, 6.45) is 0. The van der Waals surface area contributed by atoms with E-state index in [1.165, 1.54) is 0 Å². The van der Waals surface area contributed by atoms with Crippen LogP contribution < -0.4 is 0 Å². The van der Waals surface area contributed by atoms with E-state index < -0.39 is 0 Å². The molecule has 0 unspecified atom stereocenters. The molecular weight excluding hydrogens is 176 g/mol. The van der Waals surface area contributed by atoms with Gasteiger partial charge in [0.05, 0.1) is 24.1 Å². The molecule has 0 aromatic carbocycles. The molecule has 0 aliphatic heterocycles. The first-order chi connectivity index (χ1) is 6.54. The van der Waals surface area contributed by atoms with Crippen molar-refractivity contribution in [1.82, 2.24) is 0 Å². The van der Waals surface area contributed by atoms with Crippen LogP contribution in [0.2, 0.25) is 0 Å². The Balaban J connectivity index is 0. The molecule has 0 aliphatic rings. The van der Waals surface area contributed by atoms with Crippen molar-refractivity contribution in [1.29, 1.82) is 5.41 Å². The zero-order valence-electron chi connectivity index (χ0n) is 9.70. The minimum absolute atomic E-state index is 0.312. The van der Waals surface area contributed by atoms with E-state index in [0.717, 1.165) is 0 Å². The Morgan fingerprint density at radius 1 is 1.07 bits per heavy atom. The molecule has 0 atom stereocenters. The Labute approximate surface area is 86.4 Å². The van der Waals surface area contributed by atoms with E-state index in [-0.39, 0.29) is 0 Å². The molecule has 4 nitrogen and oxygen atoms in total. The number of rotatable bonds is 3. The predicted octanol–water partition coefficient (Wildman–Crippen LogP) is 2.74. The maximum Gasteiger partial charge on any atom is 0.0897 e. The van der Waals surface area contributed by atoms with Crippen LogP contribution in [0.3, 0.4) is 0 Å².